The smallest absolute Gasteiger partial charge is 0.231 e. The van der Waals surface area contributed by atoms with E-state index in [2.05, 4.69) is 5.32 Å². The molecular formula is C18H22N2O3. The van der Waals surface area contributed by atoms with Crippen molar-refractivity contribution < 1.29 is 13.9 Å². The number of nitrogens with one attached hydrogen (secondary N) is 1. The molecule has 5 nitrogen and oxygen atoms in total. The van der Waals surface area contributed by atoms with Crippen molar-refractivity contribution in [2.45, 2.75) is 12.5 Å². The summed E-state index contributed by atoms with van der Waals surface area (Å²) in [5.74, 6) is 0.839. The number of hydrogen-bond donors (Lipinski definition) is 1. The summed E-state index contributed by atoms with van der Waals surface area (Å²) in [4.78, 5) is 14.8. The monoisotopic (exact) mass is 314 g/mol. The van der Waals surface area contributed by atoms with Gasteiger partial charge in [-0.1, -0.05) is 30.3 Å². The van der Waals surface area contributed by atoms with Crippen LogP contribution in [0, 0.1) is 0 Å². The fourth-order valence-electron chi connectivity index (χ4n) is 2.79. The summed E-state index contributed by atoms with van der Waals surface area (Å²) in [5, 5.41) is 3.33. The fourth-order valence-corrected chi connectivity index (χ4v) is 2.79. The highest BCUT2D eigenvalue weighted by molar-refractivity contribution is 5.84. The van der Waals surface area contributed by atoms with E-state index in [0.717, 1.165) is 11.3 Å². The van der Waals surface area contributed by atoms with Crippen molar-refractivity contribution in [3.63, 3.8) is 0 Å². The topological polar surface area (TPSA) is 54.7 Å². The van der Waals surface area contributed by atoms with Gasteiger partial charge in [0.05, 0.1) is 31.9 Å². The molecular weight excluding hydrogens is 292 g/mol. The first-order valence-corrected chi connectivity index (χ1v) is 7.99. The lowest BCUT2D eigenvalue weighted by Gasteiger charge is -2.30. The van der Waals surface area contributed by atoms with Gasteiger partial charge in [-0.05, 0) is 17.7 Å². The minimum absolute atomic E-state index is 0.159. The van der Waals surface area contributed by atoms with Crippen LogP contribution >= 0.6 is 0 Å². The molecule has 1 amide bonds. The van der Waals surface area contributed by atoms with Crippen LogP contribution in [0.15, 0.2) is 53.1 Å². The molecule has 1 aliphatic rings. The van der Waals surface area contributed by atoms with E-state index in [4.69, 9.17) is 9.15 Å². The summed E-state index contributed by atoms with van der Waals surface area (Å²) in [6.07, 6.45) is 1.66. The third-order valence-corrected chi connectivity index (χ3v) is 4.05. The van der Waals surface area contributed by atoms with Crippen molar-refractivity contribution in [1.82, 2.24) is 10.2 Å². The maximum Gasteiger partial charge on any atom is 0.231 e. The first-order valence-electron chi connectivity index (χ1n) is 7.99. The lowest BCUT2D eigenvalue weighted by Crippen LogP contribution is -2.45. The predicted molar refractivity (Wildman–Crippen MR) is 87.0 cm³/mol. The Morgan fingerprint density at radius 1 is 1.13 bits per heavy atom. The molecule has 0 unspecified atom stereocenters. The van der Waals surface area contributed by atoms with Crippen molar-refractivity contribution in [3.05, 3.63) is 60.1 Å². The quantitative estimate of drug-likeness (QED) is 0.886. The van der Waals surface area contributed by atoms with Crippen molar-refractivity contribution in [2.75, 3.05) is 32.8 Å². The number of carbonyl (C=O) groups is 1. The third kappa shape index (κ3) is 4.21. The summed E-state index contributed by atoms with van der Waals surface area (Å²) < 4.78 is 10.7. The maximum absolute atomic E-state index is 12.9. The number of nitrogens with zero attached hydrogens (tertiary/aromatic N) is 1. The van der Waals surface area contributed by atoms with Crippen molar-refractivity contribution in [3.8, 4) is 0 Å². The van der Waals surface area contributed by atoms with Crippen LogP contribution in [-0.2, 0) is 16.1 Å². The van der Waals surface area contributed by atoms with Gasteiger partial charge in [0.2, 0.25) is 5.91 Å². The van der Waals surface area contributed by atoms with E-state index < -0.39 is 0 Å². The first-order chi connectivity index (χ1) is 11.3. The zero-order valence-corrected chi connectivity index (χ0v) is 13.1. The lowest BCUT2D eigenvalue weighted by molar-refractivity contribution is -0.136. The van der Waals surface area contributed by atoms with Gasteiger partial charge in [-0.15, -0.1) is 0 Å². The van der Waals surface area contributed by atoms with Crippen LogP contribution in [0.25, 0.3) is 0 Å². The minimum atomic E-state index is -0.190. The molecule has 1 aromatic carbocycles. The standard InChI is InChI=1S/C18H22N2O3/c21-18(20-8-11-22-12-9-20)17(15-5-2-1-3-6-15)14-19-13-16-7-4-10-23-16/h1-7,10,17,19H,8-9,11-14H2/t17-/m0/s1. The van der Waals surface area contributed by atoms with Crippen LogP contribution in [0.1, 0.15) is 17.2 Å². The molecule has 1 N–H and O–H groups in total. The lowest BCUT2D eigenvalue weighted by atomic mass is 9.97. The SMILES string of the molecule is O=C([C@@H](CNCc1ccco1)c1ccccc1)N1CCOCC1. The molecule has 0 bridgehead atoms. The van der Waals surface area contributed by atoms with Gasteiger partial charge in [0, 0.05) is 19.6 Å². The molecule has 1 fully saturated rings. The molecule has 3 rings (SSSR count). The van der Waals surface area contributed by atoms with Crippen LogP contribution in [0.2, 0.25) is 0 Å². The second kappa shape index (κ2) is 7.94. The highest BCUT2D eigenvalue weighted by atomic mass is 16.5. The molecule has 2 heterocycles. The number of hydrogen-bond acceptors (Lipinski definition) is 4. The molecule has 0 aliphatic carbocycles. The molecule has 1 aromatic heterocycles. The van der Waals surface area contributed by atoms with Gasteiger partial charge in [0.1, 0.15) is 5.76 Å². The largest absolute Gasteiger partial charge is 0.468 e. The number of morpholine rings is 1. The molecule has 1 atom stereocenters. The molecule has 5 heteroatoms. The number of carbonyl (C=O) groups excluding carboxylic acids is 1. The number of benzene rings is 1. The molecule has 0 radical (unpaired) electrons. The van der Waals surface area contributed by atoms with Crippen molar-refractivity contribution in [1.29, 1.82) is 0 Å². The number of amides is 1. The fraction of sp³-hybridized carbons (Fsp3) is 0.389. The molecule has 0 spiro atoms. The zero-order chi connectivity index (χ0) is 15.9. The Hall–Kier alpha value is -2.11. The molecule has 23 heavy (non-hydrogen) atoms. The Bertz CT molecular complexity index is 592. The second-order valence-corrected chi connectivity index (χ2v) is 5.61. The highest BCUT2D eigenvalue weighted by Gasteiger charge is 2.26. The Kier molecular flexibility index (Phi) is 5.45. The van der Waals surface area contributed by atoms with Crippen LogP contribution in [0.4, 0.5) is 0 Å². The molecule has 2 aromatic rings. The minimum Gasteiger partial charge on any atom is -0.468 e. The molecule has 122 valence electrons. The number of ether oxygens (including phenoxy) is 1. The average molecular weight is 314 g/mol. The first kappa shape index (κ1) is 15.8. The van der Waals surface area contributed by atoms with E-state index >= 15 is 0 Å². The predicted octanol–water partition coefficient (Wildman–Crippen LogP) is 2.01. The van der Waals surface area contributed by atoms with Crippen LogP contribution in [0.5, 0.6) is 0 Å². The summed E-state index contributed by atoms with van der Waals surface area (Å²) in [5.41, 5.74) is 1.04. The summed E-state index contributed by atoms with van der Waals surface area (Å²) in [7, 11) is 0. The normalized spacial score (nSPS) is 16.3. The van der Waals surface area contributed by atoms with E-state index in [1.54, 1.807) is 6.26 Å². The third-order valence-electron chi connectivity index (χ3n) is 4.05. The Morgan fingerprint density at radius 2 is 1.91 bits per heavy atom. The molecule has 1 saturated heterocycles. The summed E-state index contributed by atoms with van der Waals surface area (Å²) in [6.45, 7) is 3.77. The Labute approximate surface area is 136 Å². The molecule has 1 aliphatic heterocycles. The van der Waals surface area contributed by atoms with E-state index in [0.29, 0.717) is 39.4 Å². The number of rotatable bonds is 6. The van der Waals surface area contributed by atoms with Gasteiger partial charge in [-0.2, -0.15) is 0 Å². The van der Waals surface area contributed by atoms with Gasteiger partial charge < -0.3 is 19.4 Å². The Balaban J connectivity index is 1.67. The van der Waals surface area contributed by atoms with Gasteiger partial charge in [0.15, 0.2) is 0 Å². The van der Waals surface area contributed by atoms with Gasteiger partial charge in [-0.3, -0.25) is 4.79 Å². The van der Waals surface area contributed by atoms with Gasteiger partial charge in [-0.25, -0.2) is 0 Å². The molecule has 0 saturated carbocycles. The summed E-state index contributed by atoms with van der Waals surface area (Å²) in [6, 6.07) is 13.7. The zero-order valence-electron chi connectivity index (χ0n) is 13.1. The highest BCUT2D eigenvalue weighted by Crippen LogP contribution is 2.19. The van der Waals surface area contributed by atoms with E-state index in [-0.39, 0.29) is 11.8 Å². The number of furan rings is 1. The van der Waals surface area contributed by atoms with E-state index in [9.17, 15) is 4.79 Å². The van der Waals surface area contributed by atoms with Crippen molar-refractivity contribution in [2.24, 2.45) is 0 Å². The summed E-state index contributed by atoms with van der Waals surface area (Å²) >= 11 is 0. The van der Waals surface area contributed by atoms with Crippen LogP contribution in [0.3, 0.4) is 0 Å². The Morgan fingerprint density at radius 3 is 2.61 bits per heavy atom. The van der Waals surface area contributed by atoms with E-state index in [1.165, 1.54) is 0 Å². The second-order valence-electron chi connectivity index (χ2n) is 5.61. The van der Waals surface area contributed by atoms with Gasteiger partial charge >= 0.3 is 0 Å². The maximum atomic E-state index is 12.9. The van der Waals surface area contributed by atoms with Crippen LogP contribution < -0.4 is 5.32 Å². The van der Waals surface area contributed by atoms with E-state index in [1.807, 2.05) is 47.4 Å². The van der Waals surface area contributed by atoms with Crippen molar-refractivity contribution >= 4 is 5.91 Å². The van der Waals surface area contributed by atoms with Gasteiger partial charge in [0.25, 0.3) is 0 Å². The average Bonchev–Trinajstić information content (AvgIpc) is 3.13. The van der Waals surface area contributed by atoms with Crippen LogP contribution in [-0.4, -0.2) is 43.7 Å².